The summed E-state index contributed by atoms with van der Waals surface area (Å²) < 4.78 is 0. The van der Waals surface area contributed by atoms with Crippen molar-refractivity contribution < 1.29 is 4.79 Å². The van der Waals surface area contributed by atoms with Gasteiger partial charge in [-0.05, 0) is 23.8 Å². The van der Waals surface area contributed by atoms with E-state index in [1.165, 1.54) is 0 Å². The molecular formula is C13H20N2OS. The van der Waals surface area contributed by atoms with E-state index >= 15 is 0 Å². The lowest BCUT2D eigenvalue weighted by Gasteiger charge is -2.08. The highest BCUT2D eigenvalue weighted by atomic mass is 32.2. The molecule has 0 atom stereocenters. The lowest BCUT2D eigenvalue weighted by atomic mass is 10.2. The van der Waals surface area contributed by atoms with Crippen molar-refractivity contribution in [3.8, 4) is 0 Å². The van der Waals surface area contributed by atoms with Crippen molar-refractivity contribution in [2.45, 2.75) is 20.3 Å². The fraction of sp³-hybridized carbons (Fsp3) is 0.462. The van der Waals surface area contributed by atoms with E-state index in [0.29, 0.717) is 23.7 Å². The lowest BCUT2D eigenvalue weighted by molar-refractivity contribution is -0.115. The number of thioether (sulfide) groups is 1. The third kappa shape index (κ3) is 5.63. The second kappa shape index (κ2) is 7.22. The number of benzene rings is 1. The van der Waals surface area contributed by atoms with Crippen molar-refractivity contribution in [3.05, 3.63) is 24.3 Å². The summed E-state index contributed by atoms with van der Waals surface area (Å²) in [5.41, 5.74) is 7.05. The second-order valence-electron chi connectivity index (χ2n) is 4.35. The van der Waals surface area contributed by atoms with Crippen LogP contribution in [0.5, 0.6) is 0 Å². The van der Waals surface area contributed by atoms with Crippen molar-refractivity contribution >= 4 is 29.0 Å². The molecule has 0 unspecified atom stereocenters. The number of nitrogen functional groups attached to an aromatic ring is 1. The van der Waals surface area contributed by atoms with Gasteiger partial charge in [0.25, 0.3) is 0 Å². The van der Waals surface area contributed by atoms with E-state index < -0.39 is 0 Å². The summed E-state index contributed by atoms with van der Waals surface area (Å²) in [7, 11) is 0. The molecular weight excluding hydrogens is 232 g/mol. The molecule has 0 saturated heterocycles. The van der Waals surface area contributed by atoms with Crippen molar-refractivity contribution in [1.29, 1.82) is 0 Å². The van der Waals surface area contributed by atoms with Gasteiger partial charge >= 0.3 is 0 Å². The van der Waals surface area contributed by atoms with Crippen LogP contribution in [-0.4, -0.2) is 17.4 Å². The van der Waals surface area contributed by atoms with E-state index in [1.807, 2.05) is 30.0 Å². The number of hydrogen-bond acceptors (Lipinski definition) is 3. The van der Waals surface area contributed by atoms with Gasteiger partial charge in [0.05, 0.1) is 11.4 Å². The van der Waals surface area contributed by atoms with Crippen LogP contribution in [-0.2, 0) is 4.79 Å². The third-order valence-electron chi connectivity index (χ3n) is 2.16. The highest BCUT2D eigenvalue weighted by Crippen LogP contribution is 2.17. The normalized spacial score (nSPS) is 10.5. The zero-order valence-corrected chi connectivity index (χ0v) is 11.2. The van der Waals surface area contributed by atoms with Crippen molar-refractivity contribution in [3.63, 3.8) is 0 Å². The molecule has 0 aliphatic rings. The first kappa shape index (κ1) is 13.9. The van der Waals surface area contributed by atoms with Crippen LogP contribution in [0.3, 0.4) is 0 Å². The largest absolute Gasteiger partial charge is 0.397 e. The number of amides is 1. The van der Waals surface area contributed by atoms with E-state index in [9.17, 15) is 4.79 Å². The minimum absolute atomic E-state index is 0.0270. The Hall–Kier alpha value is -1.16. The molecule has 0 aromatic heterocycles. The highest BCUT2D eigenvalue weighted by molar-refractivity contribution is 7.99. The van der Waals surface area contributed by atoms with Crippen LogP contribution in [0.4, 0.5) is 11.4 Å². The van der Waals surface area contributed by atoms with Gasteiger partial charge < -0.3 is 11.1 Å². The molecule has 1 aromatic carbocycles. The smallest absolute Gasteiger partial charge is 0.225 e. The molecule has 3 N–H and O–H groups in total. The zero-order chi connectivity index (χ0) is 12.7. The fourth-order valence-corrected chi connectivity index (χ4v) is 2.28. The molecule has 0 aliphatic heterocycles. The van der Waals surface area contributed by atoms with Gasteiger partial charge in [-0.2, -0.15) is 11.8 Å². The maximum absolute atomic E-state index is 11.6. The molecule has 17 heavy (non-hydrogen) atoms. The first-order chi connectivity index (χ1) is 8.09. The first-order valence-electron chi connectivity index (χ1n) is 5.81. The lowest BCUT2D eigenvalue weighted by Crippen LogP contribution is -2.13. The topological polar surface area (TPSA) is 55.1 Å². The highest BCUT2D eigenvalue weighted by Gasteiger charge is 2.04. The summed E-state index contributed by atoms with van der Waals surface area (Å²) in [5.74, 6) is 2.66. The molecule has 0 fully saturated rings. The molecule has 3 nitrogen and oxygen atoms in total. The summed E-state index contributed by atoms with van der Waals surface area (Å²) in [6, 6.07) is 7.31. The number of nitrogens with two attached hydrogens (primary N) is 1. The predicted molar refractivity (Wildman–Crippen MR) is 76.3 cm³/mol. The summed E-state index contributed by atoms with van der Waals surface area (Å²) >= 11 is 1.81. The van der Waals surface area contributed by atoms with Gasteiger partial charge in [-0.3, -0.25) is 4.79 Å². The average Bonchev–Trinajstić information content (AvgIpc) is 2.27. The van der Waals surface area contributed by atoms with Crippen molar-refractivity contribution in [2.24, 2.45) is 5.92 Å². The summed E-state index contributed by atoms with van der Waals surface area (Å²) in [6.07, 6.45) is 0.533. The van der Waals surface area contributed by atoms with E-state index in [-0.39, 0.29) is 5.91 Å². The predicted octanol–water partition coefficient (Wildman–Crippen LogP) is 2.99. The van der Waals surface area contributed by atoms with Crippen LogP contribution >= 0.6 is 11.8 Å². The molecule has 94 valence electrons. The van der Waals surface area contributed by atoms with Crippen molar-refractivity contribution in [1.82, 2.24) is 0 Å². The Labute approximate surface area is 107 Å². The fourth-order valence-electron chi connectivity index (χ4n) is 1.31. The Kier molecular flexibility index (Phi) is 5.91. The number of nitrogens with one attached hydrogen (secondary N) is 1. The van der Waals surface area contributed by atoms with Crippen LogP contribution in [0.2, 0.25) is 0 Å². The number of hydrogen-bond donors (Lipinski definition) is 2. The molecule has 0 saturated carbocycles. The Balaban J connectivity index is 2.28. The molecule has 1 rings (SSSR count). The van der Waals surface area contributed by atoms with E-state index in [4.69, 9.17) is 5.73 Å². The molecule has 0 spiro atoms. The summed E-state index contributed by atoms with van der Waals surface area (Å²) in [6.45, 7) is 4.36. The number of para-hydroxylation sites is 2. The third-order valence-corrected chi connectivity index (χ3v) is 3.55. The van der Waals surface area contributed by atoms with Crippen LogP contribution in [0, 0.1) is 5.92 Å². The Morgan fingerprint density at radius 2 is 2.12 bits per heavy atom. The van der Waals surface area contributed by atoms with Crippen LogP contribution in [0.1, 0.15) is 20.3 Å². The standard InChI is InChI=1S/C13H20N2OS/c1-10(2)9-17-8-7-13(16)15-12-6-4-3-5-11(12)14/h3-6,10H,7-9,14H2,1-2H3,(H,15,16). The van der Waals surface area contributed by atoms with Crippen LogP contribution in [0.25, 0.3) is 0 Å². The minimum Gasteiger partial charge on any atom is -0.397 e. The molecule has 0 aliphatic carbocycles. The molecule has 0 radical (unpaired) electrons. The van der Waals surface area contributed by atoms with Crippen LogP contribution < -0.4 is 11.1 Å². The molecule has 0 heterocycles. The molecule has 4 heteroatoms. The first-order valence-corrected chi connectivity index (χ1v) is 6.97. The Morgan fingerprint density at radius 3 is 2.76 bits per heavy atom. The number of carbonyl (C=O) groups excluding carboxylic acids is 1. The van der Waals surface area contributed by atoms with Gasteiger partial charge in [0, 0.05) is 12.2 Å². The van der Waals surface area contributed by atoms with Gasteiger partial charge in [-0.1, -0.05) is 26.0 Å². The Morgan fingerprint density at radius 1 is 1.41 bits per heavy atom. The monoisotopic (exact) mass is 252 g/mol. The maximum atomic E-state index is 11.6. The molecule has 0 bridgehead atoms. The van der Waals surface area contributed by atoms with Gasteiger partial charge in [0.15, 0.2) is 0 Å². The summed E-state index contributed by atoms with van der Waals surface area (Å²) in [5, 5.41) is 2.82. The van der Waals surface area contributed by atoms with Gasteiger partial charge in [-0.15, -0.1) is 0 Å². The number of rotatable bonds is 6. The zero-order valence-electron chi connectivity index (χ0n) is 10.4. The molecule has 1 aromatic rings. The number of carbonyl (C=O) groups is 1. The average molecular weight is 252 g/mol. The SMILES string of the molecule is CC(C)CSCCC(=O)Nc1ccccc1N. The summed E-state index contributed by atoms with van der Waals surface area (Å²) in [4.78, 5) is 11.6. The van der Waals surface area contributed by atoms with Gasteiger partial charge in [0.2, 0.25) is 5.91 Å². The van der Waals surface area contributed by atoms with Gasteiger partial charge in [-0.25, -0.2) is 0 Å². The second-order valence-corrected chi connectivity index (χ2v) is 5.50. The van der Waals surface area contributed by atoms with E-state index in [2.05, 4.69) is 19.2 Å². The van der Waals surface area contributed by atoms with E-state index in [0.717, 1.165) is 11.5 Å². The Bertz CT molecular complexity index is 366. The van der Waals surface area contributed by atoms with Crippen LogP contribution in [0.15, 0.2) is 24.3 Å². The maximum Gasteiger partial charge on any atom is 0.225 e. The van der Waals surface area contributed by atoms with Crippen molar-refractivity contribution in [2.75, 3.05) is 22.6 Å². The van der Waals surface area contributed by atoms with E-state index in [1.54, 1.807) is 6.07 Å². The van der Waals surface area contributed by atoms with Gasteiger partial charge in [0.1, 0.15) is 0 Å². The molecule has 1 amide bonds. The number of anilines is 2. The minimum atomic E-state index is 0.0270. The quantitative estimate of drug-likeness (QED) is 0.604.